The Hall–Kier alpha value is -4.50. The van der Waals surface area contributed by atoms with Crippen LogP contribution in [0.3, 0.4) is 0 Å². The van der Waals surface area contributed by atoms with Crippen molar-refractivity contribution in [1.82, 2.24) is 14.4 Å². The minimum Gasteiger partial charge on any atom is -0.292 e. The highest BCUT2D eigenvalue weighted by molar-refractivity contribution is 6.15. The number of para-hydroxylation sites is 2. The number of benzene rings is 4. The summed E-state index contributed by atoms with van der Waals surface area (Å²) in [6.45, 7) is 0. The molecule has 9 rings (SSSR count). The first-order valence-corrected chi connectivity index (χ1v) is 12.2. The second-order valence-corrected chi connectivity index (χ2v) is 9.84. The summed E-state index contributed by atoms with van der Waals surface area (Å²) in [7, 11) is 0. The lowest BCUT2D eigenvalue weighted by Crippen LogP contribution is -1.93. The molecule has 3 heterocycles. The minimum atomic E-state index is 0.981. The van der Waals surface area contributed by atoms with E-state index >= 15 is 0 Å². The van der Waals surface area contributed by atoms with Crippen LogP contribution >= 0.6 is 0 Å². The summed E-state index contributed by atoms with van der Waals surface area (Å²) in [6, 6.07) is 28.9. The van der Waals surface area contributed by atoms with Crippen LogP contribution in [0.1, 0.15) is 22.3 Å². The zero-order valence-corrected chi connectivity index (χ0v) is 18.9. The maximum absolute atomic E-state index is 5.10. The van der Waals surface area contributed by atoms with Gasteiger partial charge in [-0.2, -0.15) is 0 Å². The van der Waals surface area contributed by atoms with Gasteiger partial charge >= 0.3 is 0 Å². The molecule has 2 aliphatic rings. The van der Waals surface area contributed by atoms with Gasteiger partial charge in [0.1, 0.15) is 5.65 Å². The number of fused-ring (bicyclic) bond motifs is 15. The second-order valence-electron chi connectivity index (χ2n) is 9.84. The van der Waals surface area contributed by atoms with Crippen molar-refractivity contribution in [2.24, 2.45) is 0 Å². The number of pyridine rings is 2. The van der Waals surface area contributed by atoms with Crippen molar-refractivity contribution in [3.05, 3.63) is 114 Å². The van der Waals surface area contributed by atoms with Gasteiger partial charge in [-0.1, -0.05) is 48.5 Å². The van der Waals surface area contributed by atoms with E-state index in [1.807, 2.05) is 12.4 Å². The second kappa shape index (κ2) is 6.13. The van der Waals surface area contributed by atoms with Crippen LogP contribution in [0.5, 0.6) is 0 Å². The molecule has 0 saturated heterocycles. The summed E-state index contributed by atoms with van der Waals surface area (Å²) in [6.07, 6.45) is 5.90. The predicted octanol–water partition coefficient (Wildman–Crippen LogP) is 7.33. The SMILES string of the molecule is c1ccc2c(c1)Cc1c-2ccc2c1Cc1cc3c(cc1-2)c1cnccc1n1c2ccccc2nc31. The molecule has 0 spiro atoms. The number of aromatic nitrogens is 3. The Morgan fingerprint density at radius 3 is 2.34 bits per heavy atom. The molecular formula is C32H19N3. The average Bonchev–Trinajstić information content (AvgIpc) is 3.59. The molecule has 0 unspecified atom stereocenters. The van der Waals surface area contributed by atoms with Crippen LogP contribution in [0, 0.1) is 0 Å². The molecule has 0 N–H and O–H groups in total. The fourth-order valence-corrected chi connectivity index (χ4v) is 6.61. The molecule has 35 heavy (non-hydrogen) atoms. The van der Waals surface area contributed by atoms with E-state index < -0.39 is 0 Å². The fourth-order valence-electron chi connectivity index (χ4n) is 6.61. The number of rotatable bonds is 0. The molecule has 2 aliphatic carbocycles. The summed E-state index contributed by atoms with van der Waals surface area (Å²) < 4.78 is 2.30. The van der Waals surface area contributed by atoms with Crippen molar-refractivity contribution < 1.29 is 0 Å². The number of imidazole rings is 1. The maximum Gasteiger partial charge on any atom is 0.146 e. The van der Waals surface area contributed by atoms with Crippen LogP contribution in [-0.2, 0) is 12.8 Å². The van der Waals surface area contributed by atoms with E-state index in [2.05, 4.69) is 88.2 Å². The van der Waals surface area contributed by atoms with Crippen molar-refractivity contribution in [1.29, 1.82) is 0 Å². The van der Waals surface area contributed by atoms with Crippen LogP contribution in [0.15, 0.2) is 91.3 Å². The smallest absolute Gasteiger partial charge is 0.146 e. The van der Waals surface area contributed by atoms with Crippen molar-refractivity contribution in [2.75, 3.05) is 0 Å². The van der Waals surface area contributed by atoms with Gasteiger partial charge in [-0.3, -0.25) is 9.38 Å². The molecular weight excluding hydrogens is 426 g/mol. The van der Waals surface area contributed by atoms with Gasteiger partial charge in [0, 0.05) is 23.2 Å². The third-order valence-corrected chi connectivity index (χ3v) is 8.14. The summed E-state index contributed by atoms with van der Waals surface area (Å²) in [5.41, 5.74) is 15.7. The van der Waals surface area contributed by atoms with Crippen LogP contribution in [0.4, 0.5) is 0 Å². The largest absolute Gasteiger partial charge is 0.292 e. The van der Waals surface area contributed by atoms with Crippen molar-refractivity contribution in [3.63, 3.8) is 0 Å². The molecule has 0 fully saturated rings. The normalized spacial score (nSPS) is 13.5. The van der Waals surface area contributed by atoms with Crippen LogP contribution < -0.4 is 0 Å². The quantitative estimate of drug-likeness (QED) is 0.229. The van der Waals surface area contributed by atoms with Gasteiger partial charge in [0.05, 0.1) is 16.6 Å². The molecule has 3 aromatic heterocycles. The highest BCUT2D eigenvalue weighted by Crippen LogP contribution is 2.48. The van der Waals surface area contributed by atoms with Crippen molar-refractivity contribution in [2.45, 2.75) is 12.8 Å². The van der Waals surface area contributed by atoms with Crippen LogP contribution in [0.2, 0.25) is 0 Å². The highest BCUT2D eigenvalue weighted by atomic mass is 15.0. The molecule has 3 nitrogen and oxygen atoms in total. The topological polar surface area (TPSA) is 30.2 Å². The molecule has 4 aromatic carbocycles. The zero-order valence-electron chi connectivity index (χ0n) is 18.9. The molecule has 7 aromatic rings. The maximum atomic E-state index is 5.10. The lowest BCUT2D eigenvalue weighted by atomic mass is 9.96. The van der Waals surface area contributed by atoms with Crippen molar-refractivity contribution in [3.8, 4) is 22.3 Å². The van der Waals surface area contributed by atoms with Gasteiger partial charge in [0.2, 0.25) is 0 Å². The first-order valence-electron chi connectivity index (χ1n) is 12.2. The lowest BCUT2D eigenvalue weighted by molar-refractivity contribution is 1.16. The third kappa shape index (κ3) is 2.17. The molecule has 0 bridgehead atoms. The van der Waals surface area contributed by atoms with E-state index in [0.717, 1.165) is 35.0 Å². The molecule has 0 atom stereocenters. The average molecular weight is 446 g/mol. The van der Waals surface area contributed by atoms with E-state index in [-0.39, 0.29) is 0 Å². The van der Waals surface area contributed by atoms with E-state index in [1.54, 1.807) is 0 Å². The molecule has 3 heteroatoms. The van der Waals surface area contributed by atoms with Gasteiger partial charge in [0.15, 0.2) is 0 Å². The molecule has 0 aliphatic heterocycles. The highest BCUT2D eigenvalue weighted by Gasteiger charge is 2.28. The van der Waals surface area contributed by atoms with Gasteiger partial charge in [-0.15, -0.1) is 0 Å². The van der Waals surface area contributed by atoms with Crippen molar-refractivity contribution >= 4 is 38.4 Å². The van der Waals surface area contributed by atoms with Gasteiger partial charge < -0.3 is 0 Å². The number of nitrogens with zero attached hydrogens (tertiary/aromatic N) is 3. The minimum absolute atomic E-state index is 0.981. The predicted molar refractivity (Wildman–Crippen MR) is 142 cm³/mol. The van der Waals surface area contributed by atoms with Gasteiger partial charge in [-0.25, -0.2) is 4.98 Å². The van der Waals surface area contributed by atoms with E-state index in [4.69, 9.17) is 4.98 Å². The molecule has 0 radical (unpaired) electrons. The van der Waals surface area contributed by atoms with E-state index in [1.165, 1.54) is 60.7 Å². The van der Waals surface area contributed by atoms with Crippen LogP contribution in [-0.4, -0.2) is 14.4 Å². The fraction of sp³-hybridized carbons (Fsp3) is 0.0625. The Kier molecular flexibility index (Phi) is 3.14. The summed E-state index contributed by atoms with van der Waals surface area (Å²) in [5, 5.41) is 3.60. The molecule has 0 saturated carbocycles. The standard InChI is InChI=1S/C32H19N3/c1-2-6-20-18(5-1)13-24-21(20)9-10-22-23-16-26-27(15-19(23)14-25(22)24)32-34-29-7-3-4-8-31(29)35(32)30-11-12-33-17-28(26)30/h1-12,15-17H,13-14H2. The number of hydrogen-bond donors (Lipinski definition) is 0. The summed E-state index contributed by atoms with van der Waals surface area (Å²) in [5.74, 6) is 0. The Morgan fingerprint density at radius 1 is 0.600 bits per heavy atom. The molecule has 0 amide bonds. The summed E-state index contributed by atoms with van der Waals surface area (Å²) in [4.78, 5) is 9.60. The third-order valence-electron chi connectivity index (χ3n) is 8.14. The summed E-state index contributed by atoms with van der Waals surface area (Å²) >= 11 is 0. The van der Waals surface area contributed by atoms with Gasteiger partial charge in [-0.05, 0) is 93.1 Å². The first kappa shape index (κ1) is 17.9. The van der Waals surface area contributed by atoms with Gasteiger partial charge in [0.25, 0.3) is 0 Å². The zero-order chi connectivity index (χ0) is 22.7. The Morgan fingerprint density at radius 2 is 1.40 bits per heavy atom. The number of hydrogen-bond acceptors (Lipinski definition) is 2. The monoisotopic (exact) mass is 445 g/mol. The van der Waals surface area contributed by atoms with Crippen LogP contribution in [0.25, 0.3) is 60.6 Å². The van der Waals surface area contributed by atoms with E-state index in [9.17, 15) is 0 Å². The Balaban J connectivity index is 1.38. The first-order chi connectivity index (χ1) is 17.3. The van der Waals surface area contributed by atoms with E-state index in [0.29, 0.717) is 0 Å². The Labute approximate surface area is 201 Å². The molecule has 162 valence electrons. The lowest BCUT2D eigenvalue weighted by Gasteiger charge is -2.11. The Bertz CT molecular complexity index is 2060.